The summed E-state index contributed by atoms with van der Waals surface area (Å²) in [7, 11) is 0. The van der Waals surface area contributed by atoms with Crippen LogP contribution >= 0.6 is 0 Å². The van der Waals surface area contributed by atoms with E-state index in [1.165, 1.54) is 57.8 Å². The molecule has 9 atom stereocenters. The molecule has 0 heterocycles. The van der Waals surface area contributed by atoms with Crippen molar-refractivity contribution in [1.82, 2.24) is 0 Å². The Morgan fingerprint density at radius 2 is 1.54 bits per heavy atom. The second-order valence-electron chi connectivity index (χ2n) is 11.0. The van der Waals surface area contributed by atoms with Crippen molar-refractivity contribution in [2.75, 3.05) is 0 Å². The summed E-state index contributed by atoms with van der Waals surface area (Å²) in [5.41, 5.74) is 1.22. The van der Waals surface area contributed by atoms with E-state index in [-0.39, 0.29) is 0 Å². The molecule has 0 aromatic heterocycles. The molecule has 2 saturated carbocycles. The van der Waals surface area contributed by atoms with Gasteiger partial charge in [0, 0.05) is 0 Å². The van der Waals surface area contributed by atoms with E-state index in [9.17, 15) is 0 Å². The van der Waals surface area contributed by atoms with Gasteiger partial charge in [0.1, 0.15) is 0 Å². The average molecular weight is 391 g/mol. The second kappa shape index (κ2) is 9.87. The van der Waals surface area contributed by atoms with E-state index in [1.54, 1.807) is 6.42 Å². The molecule has 0 nitrogen and oxygen atoms in total. The smallest absolute Gasteiger partial charge is 0.0210 e. The first-order valence-electron chi connectivity index (χ1n) is 13.4. The third kappa shape index (κ3) is 3.51. The molecule has 0 spiro atoms. The first kappa shape index (κ1) is 24.3. The topological polar surface area (TPSA) is 0 Å². The van der Waals surface area contributed by atoms with E-state index in [2.05, 4.69) is 62.3 Å². The van der Waals surface area contributed by atoms with Crippen molar-refractivity contribution in [2.45, 2.75) is 127 Å². The van der Waals surface area contributed by atoms with Crippen molar-refractivity contribution in [3.63, 3.8) is 0 Å². The van der Waals surface area contributed by atoms with Gasteiger partial charge in [0.25, 0.3) is 0 Å². The van der Waals surface area contributed by atoms with Crippen LogP contribution in [0.4, 0.5) is 0 Å². The lowest BCUT2D eigenvalue weighted by atomic mass is 9.53. The molecular formula is C28H54. The Hall–Kier alpha value is 0. The van der Waals surface area contributed by atoms with Gasteiger partial charge in [-0.15, -0.1) is 0 Å². The Kier molecular flexibility index (Phi) is 8.56. The summed E-state index contributed by atoms with van der Waals surface area (Å²) in [6.07, 6.45) is 14.3. The van der Waals surface area contributed by atoms with Crippen molar-refractivity contribution >= 4 is 0 Å². The van der Waals surface area contributed by atoms with Gasteiger partial charge >= 0.3 is 0 Å². The van der Waals surface area contributed by atoms with Crippen molar-refractivity contribution in [2.24, 2.45) is 52.3 Å². The zero-order valence-electron chi connectivity index (χ0n) is 21.1. The van der Waals surface area contributed by atoms with Crippen LogP contribution in [-0.4, -0.2) is 0 Å². The lowest BCUT2D eigenvalue weighted by molar-refractivity contribution is -0.0353. The molecule has 0 bridgehead atoms. The second-order valence-corrected chi connectivity index (χ2v) is 11.0. The number of rotatable bonds is 11. The van der Waals surface area contributed by atoms with E-state index in [0.717, 1.165) is 41.4 Å². The van der Waals surface area contributed by atoms with Crippen LogP contribution in [0.15, 0.2) is 0 Å². The molecule has 0 saturated heterocycles. The number of fused-ring (bicyclic) bond motifs is 1. The fourth-order valence-electron chi connectivity index (χ4n) is 9.67. The highest BCUT2D eigenvalue weighted by atomic mass is 14.7. The van der Waals surface area contributed by atoms with Crippen LogP contribution in [0.5, 0.6) is 0 Å². The van der Waals surface area contributed by atoms with Crippen molar-refractivity contribution < 1.29 is 0 Å². The molecule has 9 unspecified atom stereocenters. The minimum atomic E-state index is 0.598. The van der Waals surface area contributed by atoms with Crippen molar-refractivity contribution in [3.8, 4) is 0 Å². The molecule has 2 aliphatic rings. The summed E-state index contributed by atoms with van der Waals surface area (Å²) in [4.78, 5) is 0. The predicted octanol–water partition coefficient (Wildman–Crippen LogP) is 9.38. The van der Waals surface area contributed by atoms with Gasteiger partial charge in [-0.3, -0.25) is 0 Å². The highest BCUT2D eigenvalue weighted by Crippen LogP contribution is 2.73. The molecule has 2 fully saturated rings. The highest BCUT2D eigenvalue weighted by Gasteiger charge is 2.66. The summed E-state index contributed by atoms with van der Waals surface area (Å²) < 4.78 is 0. The first-order chi connectivity index (χ1) is 13.4. The molecule has 0 aromatic rings. The van der Waals surface area contributed by atoms with E-state index in [0.29, 0.717) is 10.8 Å². The Bertz CT molecular complexity index is 467. The molecule has 0 aromatic carbocycles. The maximum absolute atomic E-state index is 2.63. The van der Waals surface area contributed by atoms with Crippen LogP contribution in [0, 0.1) is 52.3 Å². The Morgan fingerprint density at radius 1 is 0.857 bits per heavy atom. The van der Waals surface area contributed by atoms with E-state index >= 15 is 0 Å². The van der Waals surface area contributed by atoms with Gasteiger partial charge in [-0.05, 0) is 77.9 Å². The molecule has 166 valence electrons. The van der Waals surface area contributed by atoms with Gasteiger partial charge in [0.15, 0.2) is 0 Å². The van der Waals surface area contributed by atoms with E-state index < -0.39 is 0 Å². The molecule has 0 aliphatic heterocycles. The maximum atomic E-state index is 2.63. The summed E-state index contributed by atoms with van der Waals surface area (Å²) in [6, 6.07) is 0. The van der Waals surface area contributed by atoms with Gasteiger partial charge in [-0.1, -0.05) is 101 Å². The molecule has 28 heavy (non-hydrogen) atoms. The summed E-state index contributed by atoms with van der Waals surface area (Å²) in [5, 5.41) is 0. The van der Waals surface area contributed by atoms with Crippen LogP contribution in [0.25, 0.3) is 0 Å². The molecular weight excluding hydrogens is 336 g/mol. The van der Waals surface area contributed by atoms with Crippen LogP contribution in [0.3, 0.4) is 0 Å². The molecule has 0 radical (unpaired) electrons. The minimum absolute atomic E-state index is 0.598. The van der Waals surface area contributed by atoms with Crippen LogP contribution in [-0.2, 0) is 0 Å². The van der Waals surface area contributed by atoms with Crippen molar-refractivity contribution in [1.29, 1.82) is 0 Å². The minimum Gasteiger partial charge on any atom is -0.0654 e. The molecule has 0 amide bonds. The largest absolute Gasteiger partial charge is 0.0654 e. The lowest BCUT2D eigenvalue weighted by Crippen LogP contribution is -2.45. The third-order valence-electron chi connectivity index (χ3n) is 10.7. The van der Waals surface area contributed by atoms with Gasteiger partial charge < -0.3 is 0 Å². The van der Waals surface area contributed by atoms with Crippen LogP contribution < -0.4 is 0 Å². The monoisotopic (exact) mass is 390 g/mol. The van der Waals surface area contributed by atoms with Gasteiger partial charge in [-0.2, -0.15) is 0 Å². The average Bonchev–Trinajstić information content (AvgIpc) is 3.12. The van der Waals surface area contributed by atoms with Crippen molar-refractivity contribution in [3.05, 3.63) is 0 Å². The first-order valence-corrected chi connectivity index (χ1v) is 13.4. The molecule has 0 heteroatoms. The zero-order chi connectivity index (χ0) is 21.1. The van der Waals surface area contributed by atoms with Crippen LogP contribution in [0.1, 0.15) is 127 Å². The third-order valence-corrected chi connectivity index (χ3v) is 10.7. The normalized spacial score (nSPS) is 41.0. The Labute approximate surface area is 179 Å². The molecule has 0 N–H and O–H groups in total. The number of hydrogen-bond acceptors (Lipinski definition) is 0. The predicted molar refractivity (Wildman–Crippen MR) is 127 cm³/mol. The summed E-state index contributed by atoms with van der Waals surface area (Å²) in [6.45, 7) is 22.7. The highest BCUT2D eigenvalue weighted by molar-refractivity contribution is 5.15. The number of hydrogen-bond donors (Lipinski definition) is 0. The van der Waals surface area contributed by atoms with Crippen LogP contribution in [0.2, 0.25) is 0 Å². The Balaban J connectivity index is 2.52. The van der Waals surface area contributed by atoms with Gasteiger partial charge in [0.05, 0.1) is 0 Å². The standard InChI is InChI=1S/C28H54/c1-10-17-22(11-2)24(12-3)25(13-4)27(15-6)19-23-18-20(8)21(9)28(23,16-7)26(27)14-5/h20-26H,10-19H2,1-9H3. The molecule has 2 aliphatic carbocycles. The van der Waals surface area contributed by atoms with E-state index in [1.807, 2.05) is 0 Å². The maximum Gasteiger partial charge on any atom is -0.0210 e. The molecule has 2 rings (SSSR count). The Morgan fingerprint density at radius 3 is 1.96 bits per heavy atom. The summed E-state index contributed by atoms with van der Waals surface area (Å²) >= 11 is 0. The van der Waals surface area contributed by atoms with E-state index in [4.69, 9.17) is 0 Å². The van der Waals surface area contributed by atoms with Gasteiger partial charge in [-0.25, -0.2) is 0 Å². The fraction of sp³-hybridized carbons (Fsp3) is 1.00. The summed E-state index contributed by atoms with van der Waals surface area (Å²) in [5.74, 6) is 6.58. The fourth-order valence-corrected chi connectivity index (χ4v) is 9.67. The SMILES string of the molecule is CCCC(CC)C(CC)C(CC)C1(CC)CC2CC(C)C(C)C2(CC)C1CC. The zero-order valence-corrected chi connectivity index (χ0v) is 21.1. The van der Waals surface area contributed by atoms with Gasteiger partial charge in [0.2, 0.25) is 0 Å². The quantitative estimate of drug-likeness (QED) is 0.329. The lowest BCUT2D eigenvalue weighted by Gasteiger charge is -2.52.